The Bertz CT molecular complexity index is 917. The van der Waals surface area contributed by atoms with Crippen LogP contribution in [0.15, 0.2) is 51.9 Å². The molecule has 0 saturated carbocycles. The van der Waals surface area contributed by atoms with Gasteiger partial charge in [-0.3, -0.25) is 9.88 Å². The second kappa shape index (κ2) is 4.81. The molecule has 110 valence electrons. The van der Waals surface area contributed by atoms with Crippen molar-refractivity contribution in [3.8, 4) is 0 Å². The molecule has 0 amide bonds. The number of hydrogen-bond donors (Lipinski definition) is 2. The van der Waals surface area contributed by atoms with E-state index < -0.39 is 6.17 Å². The second-order valence-electron chi connectivity index (χ2n) is 4.97. The van der Waals surface area contributed by atoms with Gasteiger partial charge in [-0.15, -0.1) is 0 Å². The molecule has 1 atom stereocenters. The summed E-state index contributed by atoms with van der Waals surface area (Å²) in [7, 11) is 0. The third-order valence-corrected chi connectivity index (χ3v) is 4.08. The van der Waals surface area contributed by atoms with Crippen molar-refractivity contribution in [3.05, 3.63) is 58.3 Å². The molecule has 22 heavy (non-hydrogen) atoms. The molecule has 0 radical (unpaired) electrons. The number of fused-ring (bicyclic) bond motifs is 3. The van der Waals surface area contributed by atoms with Crippen LogP contribution in [0.2, 0.25) is 0 Å². The van der Waals surface area contributed by atoms with Gasteiger partial charge in [0.25, 0.3) is 0 Å². The maximum absolute atomic E-state index is 14.4. The van der Waals surface area contributed by atoms with Crippen LogP contribution in [0.25, 0.3) is 11.0 Å². The molecule has 0 saturated heterocycles. The van der Waals surface area contributed by atoms with Gasteiger partial charge in [0, 0.05) is 10.0 Å². The number of halogens is 2. The summed E-state index contributed by atoms with van der Waals surface area (Å²) < 4.78 is 16.9. The lowest BCUT2D eigenvalue weighted by molar-refractivity contribution is 0.550. The number of rotatable bonds is 1. The monoisotopic (exact) mass is 359 g/mol. The van der Waals surface area contributed by atoms with E-state index in [1.54, 1.807) is 12.1 Å². The largest absolute Gasteiger partial charge is 0.370 e. The Morgan fingerprint density at radius 3 is 2.86 bits per heavy atom. The molecular formula is C15H11BrFN5. The summed E-state index contributed by atoms with van der Waals surface area (Å²) in [5.41, 5.74) is 7.95. The topological polar surface area (TPSA) is 68.2 Å². The third kappa shape index (κ3) is 1.97. The number of hydrogen-bond acceptors (Lipinski definition) is 4. The first kappa shape index (κ1) is 13.3. The number of guanidine groups is 1. The number of imidazole rings is 1. The van der Waals surface area contributed by atoms with Gasteiger partial charge in [0.05, 0.1) is 11.0 Å². The minimum atomic E-state index is -0.586. The molecule has 0 unspecified atom stereocenters. The van der Waals surface area contributed by atoms with Gasteiger partial charge in [-0.2, -0.15) is 0 Å². The molecule has 4 rings (SSSR count). The number of nitrogens with one attached hydrogen (secondary N) is 1. The number of aliphatic imine (C=N–C) groups is 1. The SMILES string of the molecule is NC1=N[C@H](c2ccc(Br)cc2F)n2c(nc3ccccc32)N1. The fourth-order valence-corrected chi connectivity index (χ4v) is 2.97. The fraction of sp³-hybridized carbons (Fsp3) is 0.0667. The first-order valence-electron chi connectivity index (χ1n) is 6.66. The van der Waals surface area contributed by atoms with Gasteiger partial charge < -0.3 is 5.73 Å². The van der Waals surface area contributed by atoms with Crippen LogP contribution in [0, 0.1) is 5.82 Å². The average molecular weight is 360 g/mol. The lowest BCUT2D eigenvalue weighted by Crippen LogP contribution is -2.31. The van der Waals surface area contributed by atoms with E-state index >= 15 is 0 Å². The Kier molecular flexibility index (Phi) is 2.90. The van der Waals surface area contributed by atoms with Crippen LogP contribution in [0.5, 0.6) is 0 Å². The number of para-hydroxylation sites is 2. The van der Waals surface area contributed by atoms with Crippen molar-refractivity contribution in [2.75, 3.05) is 5.32 Å². The van der Waals surface area contributed by atoms with Gasteiger partial charge in [0.15, 0.2) is 12.1 Å². The molecule has 1 aromatic heterocycles. The van der Waals surface area contributed by atoms with E-state index in [-0.39, 0.29) is 11.8 Å². The quantitative estimate of drug-likeness (QED) is 0.700. The highest BCUT2D eigenvalue weighted by Gasteiger charge is 2.26. The summed E-state index contributed by atoms with van der Waals surface area (Å²) in [6.45, 7) is 0. The number of aromatic nitrogens is 2. The van der Waals surface area contributed by atoms with Crippen molar-refractivity contribution in [3.63, 3.8) is 0 Å². The summed E-state index contributed by atoms with van der Waals surface area (Å²) in [6, 6.07) is 12.5. The van der Waals surface area contributed by atoms with E-state index in [1.165, 1.54) is 6.07 Å². The van der Waals surface area contributed by atoms with Gasteiger partial charge in [0.2, 0.25) is 5.95 Å². The van der Waals surface area contributed by atoms with Crippen LogP contribution in [0.1, 0.15) is 11.7 Å². The lowest BCUT2D eigenvalue weighted by atomic mass is 10.1. The molecule has 5 nitrogen and oxygen atoms in total. The van der Waals surface area contributed by atoms with Crippen molar-refractivity contribution in [1.82, 2.24) is 9.55 Å². The zero-order chi connectivity index (χ0) is 15.3. The Labute approximate surface area is 133 Å². The van der Waals surface area contributed by atoms with Crippen LogP contribution in [-0.2, 0) is 0 Å². The fourth-order valence-electron chi connectivity index (χ4n) is 2.64. The van der Waals surface area contributed by atoms with E-state index in [9.17, 15) is 4.39 Å². The molecule has 0 aliphatic carbocycles. The molecule has 2 heterocycles. The lowest BCUT2D eigenvalue weighted by Gasteiger charge is -2.24. The highest BCUT2D eigenvalue weighted by atomic mass is 79.9. The van der Waals surface area contributed by atoms with Crippen molar-refractivity contribution >= 4 is 38.9 Å². The molecule has 1 aliphatic rings. The smallest absolute Gasteiger partial charge is 0.212 e. The number of benzene rings is 2. The molecule has 0 fully saturated rings. The highest BCUT2D eigenvalue weighted by Crippen LogP contribution is 2.33. The number of anilines is 1. The van der Waals surface area contributed by atoms with Crippen LogP contribution >= 0.6 is 15.9 Å². The van der Waals surface area contributed by atoms with Crippen LogP contribution < -0.4 is 11.1 Å². The zero-order valence-corrected chi connectivity index (χ0v) is 12.9. The van der Waals surface area contributed by atoms with E-state index in [0.29, 0.717) is 16.0 Å². The summed E-state index contributed by atoms with van der Waals surface area (Å²) in [6.07, 6.45) is -0.586. The van der Waals surface area contributed by atoms with Gasteiger partial charge in [0.1, 0.15) is 5.82 Å². The molecule has 2 aromatic carbocycles. The predicted molar refractivity (Wildman–Crippen MR) is 87.2 cm³/mol. The van der Waals surface area contributed by atoms with Gasteiger partial charge in [-0.25, -0.2) is 14.4 Å². The average Bonchev–Trinajstić information content (AvgIpc) is 2.84. The predicted octanol–water partition coefficient (Wildman–Crippen LogP) is 3.23. The zero-order valence-electron chi connectivity index (χ0n) is 11.3. The normalized spacial score (nSPS) is 17.0. The maximum Gasteiger partial charge on any atom is 0.212 e. The summed E-state index contributed by atoms with van der Waals surface area (Å²) in [5, 5.41) is 2.93. The highest BCUT2D eigenvalue weighted by molar-refractivity contribution is 9.10. The Balaban J connectivity index is 1.98. The Morgan fingerprint density at radius 2 is 2.05 bits per heavy atom. The Hall–Kier alpha value is -2.41. The molecule has 0 spiro atoms. The molecule has 3 N–H and O–H groups in total. The number of nitrogens with zero attached hydrogens (tertiary/aromatic N) is 3. The van der Waals surface area contributed by atoms with Crippen molar-refractivity contribution < 1.29 is 4.39 Å². The van der Waals surface area contributed by atoms with Crippen LogP contribution in [0.3, 0.4) is 0 Å². The van der Waals surface area contributed by atoms with Gasteiger partial charge >= 0.3 is 0 Å². The van der Waals surface area contributed by atoms with Crippen molar-refractivity contribution in [2.24, 2.45) is 10.7 Å². The van der Waals surface area contributed by atoms with E-state index in [0.717, 1.165) is 11.0 Å². The minimum absolute atomic E-state index is 0.218. The van der Waals surface area contributed by atoms with E-state index in [2.05, 4.69) is 31.2 Å². The minimum Gasteiger partial charge on any atom is -0.370 e. The van der Waals surface area contributed by atoms with E-state index in [4.69, 9.17) is 5.73 Å². The second-order valence-corrected chi connectivity index (χ2v) is 5.89. The maximum atomic E-state index is 14.4. The van der Waals surface area contributed by atoms with Crippen LogP contribution in [0.4, 0.5) is 10.3 Å². The molecule has 0 bridgehead atoms. The number of nitrogens with two attached hydrogens (primary N) is 1. The van der Waals surface area contributed by atoms with Gasteiger partial charge in [-0.1, -0.05) is 34.1 Å². The molecule has 1 aliphatic heterocycles. The summed E-state index contributed by atoms with van der Waals surface area (Å²) in [5.74, 6) is 0.428. The summed E-state index contributed by atoms with van der Waals surface area (Å²) >= 11 is 3.26. The van der Waals surface area contributed by atoms with Crippen molar-refractivity contribution in [2.45, 2.75) is 6.17 Å². The summed E-state index contributed by atoms with van der Waals surface area (Å²) in [4.78, 5) is 8.84. The van der Waals surface area contributed by atoms with Crippen LogP contribution in [-0.4, -0.2) is 15.5 Å². The first-order chi connectivity index (χ1) is 10.6. The molecule has 7 heteroatoms. The standard InChI is InChI=1S/C15H11BrFN5/c16-8-5-6-9(10(17)7-8)13-20-14(18)21-15-19-11-3-1-2-4-12(11)22(13)15/h1-7,13H,(H3,18,19,20,21)/t13-/m0/s1. The Morgan fingerprint density at radius 1 is 1.23 bits per heavy atom. The van der Waals surface area contributed by atoms with Crippen molar-refractivity contribution in [1.29, 1.82) is 0 Å². The molecule has 3 aromatic rings. The first-order valence-corrected chi connectivity index (χ1v) is 7.45. The van der Waals surface area contributed by atoms with E-state index in [1.807, 2.05) is 28.8 Å². The van der Waals surface area contributed by atoms with Gasteiger partial charge in [-0.05, 0) is 24.3 Å². The third-order valence-electron chi connectivity index (χ3n) is 3.58. The molecular weight excluding hydrogens is 349 g/mol.